The van der Waals surface area contributed by atoms with Gasteiger partial charge in [-0.1, -0.05) is 0 Å². The smallest absolute Gasteiger partial charge is 0.241 e. The molecule has 0 unspecified atom stereocenters. The molecule has 0 aliphatic rings. The lowest BCUT2D eigenvalue weighted by atomic mass is 10.0. The molecule has 1 amide bonds. The third-order valence-electron chi connectivity index (χ3n) is 3.36. The van der Waals surface area contributed by atoms with Gasteiger partial charge < -0.3 is 16.8 Å². The van der Waals surface area contributed by atoms with Crippen molar-refractivity contribution >= 4 is 27.3 Å². The molecule has 1 aromatic rings. The molecule has 6 N–H and O–H groups in total. The summed E-state index contributed by atoms with van der Waals surface area (Å²) in [6.45, 7) is 6.72. The van der Waals surface area contributed by atoms with Crippen LogP contribution in [0.15, 0.2) is 4.90 Å². The first-order chi connectivity index (χ1) is 9.59. The minimum Gasteiger partial charge on any atom is -0.398 e. The SMILES string of the molecule is CC(=O)NCCNS(=O)(=O)c1c(C)c(N)c(C)c(N)c1C. The molecule has 0 aromatic heterocycles. The Balaban J connectivity index is 3.12. The van der Waals surface area contributed by atoms with Gasteiger partial charge in [0, 0.05) is 31.4 Å². The van der Waals surface area contributed by atoms with Crippen molar-refractivity contribution in [3.63, 3.8) is 0 Å². The Hall–Kier alpha value is -1.80. The summed E-state index contributed by atoms with van der Waals surface area (Å²) in [5.74, 6) is -0.217. The number of nitrogens with two attached hydrogens (primary N) is 2. The van der Waals surface area contributed by atoms with Gasteiger partial charge in [-0.2, -0.15) is 0 Å². The Kier molecular flexibility index (Phi) is 5.19. The van der Waals surface area contributed by atoms with E-state index in [2.05, 4.69) is 10.0 Å². The number of nitrogens with one attached hydrogen (secondary N) is 2. The fraction of sp³-hybridized carbons (Fsp3) is 0.462. The van der Waals surface area contributed by atoms with E-state index < -0.39 is 10.0 Å². The van der Waals surface area contributed by atoms with E-state index in [1.165, 1.54) is 6.92 Å². The lowest BCUT2D eigenvalue weighted by Gasteiger charge is -2.18. The molecule has 1 aromatic carbocycles. The van der Waals surface area contributed by atoms with Crippen LogP contribution in [0.2, 0.25) is 0 Å². The number of anilines is 2. The fourth-order valence-electron chi connectivity index (χ4n) is 2.13. The quantitative estimate of drug-likeness (QED) is 0.456. The number of benzene rings is 1. The van der Waals surface area contributed by atoms with Crippen molar-refractivity contribution in [1.82, 2.24) is 10.0 Å². The second-order valence-corrected chi connectivity index (χ2v) is 6.62. The standard InChI is InChI=1S/C13H22N4O3S/c1-7-11(14)8(2)13(9(3)12(7)15)21(19,20)17-6-5-16-10(4)18/h17H,5-6,14-15H2,1-4H3,(H,16,18). The largest absolute Gasteiger partial charge is 0.398 e. The number of hydrogen-bond acceptors (Lipinski definition) is 5. The molecule has 0 aliphatic carbocycles. The van der Waals surface area contributed by atoms with Gasteiger partial charge >= 0.3 is 0 Å². The highest BCUT2D eigenvalue weighted by Crippen LogP contribution is 2.33. The average molecular weight is 314 g/mol. The van der Waals surface area contributed by atoms with Crippen LogP contribution < -0.4 is 21.5 Å². The second-order valence-electron chi connectivity index (χ2n) is 4.91. The monoisotopic (exact) mass is 314 g/mol. The van der Waals surface area contributed by atoms with E-state index in [1.54, 1.807) is 20.8 Å². The highest BCUT2D eigenvalue weighted by Gasteiger charge is 2.24. The summed E-state index contributed by atoms with van der Waals surface area (Å²) >= 11 is 0. The minimum atomic E-state index is -3.74. The van der Waals surface area contributed by atoms with Gasteiger partial charge in [0.15, 0.2) is 0 Å². The van der Waals surface area contributed by atoms with Gasteiger partial charge in [0.25, 0.3) is 0 Å². The van der Waals surface area contributed by atoms with Crippen molar-refractivity contribution in [3.8, 4) is 0 Å². The molecule has 8 heteroatoms. The maximum atomic E-state index is 12.4. The van der Waals surface area contributed by atoms with Crippen LogP contribution >= 0.6 is 0 Å². The number of carbonyl (C=O) groups excluding carboxylic acids is 1. The summed E-state index contributed by atoms with van der Waals surface area (Å²) in [7, 11) is -3.74. The van der Waals surface area contributed by atoms with Gasteiger partial charge in [0.05, 0.1) is 4.90 Å². The summed E-state index contributed by atoms with van der Waals surface area (Å²) in [6, 6.07) is 0. The summed E-state index contributed by atoms with van der Waals surface area (Å²) in [5, 5.41) is 2.52. The van der Waals surface area contributed by atoms with Gasteiger partial charge in [-0.25, -0.2) is 13.1 Å². The van der Waals surface area contributed by atoms with Crippen LogP contribution in [0.25, 0.3) is 0 Å². The first-order valence-corrected chi connectivity index (χ1v) is 7.96. The first kappa shape index (κ1) is 17.3. The van der Waals surface area contributed by atoms with Crippen molar-refractivity contribution in [2.24, 2.45) is 0 Å². The zero-order valence-corrected chi connectivity index (χ0v) is 13.5. The maximum Gasteiger partial charge on any atom is 0.241 e. The van der Waals surface area contributed by atoms with Crippen LogP contribution in [-0.4, -0.2) is 27.4 Å². The molecule has 0 saturated carbocycles. The Morgan fingerprint density at radius 2 is 1.48 bits per heavy atom. The Bertz CT molecular complexity index is 639. The number of nitrogen functional groups attached to an aromatic ring is 2. The van der Waals surface area contributed by atoms with Crippen LogP contribution in [0.4, 0.5) is 11.4 Å². The molecule has 0 heterocycles. The van der Waals surface area contributed by atoms with Crippen molar-refractivity contribution in [2.75, 3.05) is 24.6 Å². The molecule has 0 radical (unpaired) electrons. The molecule has 0 saturated heterocycles. The van der Waals surface area contributed by atoms with Crippen LogP contribution in [0.1, 0.15) is 23.6 Å². The molecule has 0 aliphatic heterocycles. The lowest BCUT2D eigenvalue weighted by Crippen LogP contribution is -2.34. The summed E-state index contributed by atoms with van der Waals surface area (Å²) < 4.78 is 27.2. The Labute approximate surface area is 125 Å². The lowest BCUT2D eigenvalue weighted by molar-refractivity contribution is -0.118. The zero-order valence-electron chi connectivity index (χ0n) is 12.7. The predicted molar refractivity (Wildman–Crippen MR) is 83.4 cm³/mol. The normalized spacial score (nSPS) is 11.4. The van der Waals surface area contributed by atoms with Crippen molar-refractivity contribution in [1.29, 1.82) is 0 Å². The van der Waals surface area contributed by atoms with Crippen molar-refractivity contribution in [2.45, 2.75) is 32.6 Å². The van der Waals surface area contributed by atoms with Gasteiger partial charge in [-0.3, -0.25) is 4.79 Å². The van der Waals surface area contributed by atoms with Gasteiger partial charge in [0.1, 0.15) is 0 Å². The number of rotatable bonds is 5. The molecule has 0 fully saturated rings. The second kappa shape index (κ2) is 6.31. The summed E-state index contributed by atoms with van der Waals surface area (Å²) in [4.78, 5) is 10.9. The molecule has 0 atom stereocenters. The summed E-state index contributed by atoms with van der Waals surface area (Å²) in [5.41, 5.74) is 14.2. The van der Waals surface area contributed by atoms with E-state index in [0.29, 0.717) is 28.1 Å². The average Bonchev–Trinajstić information content (AvgIpc) is 2.39. The van der Waals surface area contributed by atoms with Crippen molar-refractivity contribution < 1.29 is 13.2 Å². The number of sulfonamides is 1. The Morgan fingerprint density at radius 3 is 1.90 bits per heavy atom. The zero-order chi connectivity index (χ0) is 16.4. The van der Waals surface area contributed by atoms with Gasteiger partial charge in [0.2, 0.25) is 15.9 Å². The first-order valence-electron chi connectivity index (χ1n) is 6.48. The molecule has 118 valence electrons. The third kappa shape index (κ3) is 3.64. The van der Waals surface area contributed by atoms with Crippen LogP contribution in [0.5, 0.6) is 0 Å². The van der Waals surface area contributed by atoms with Gasteiger partial charge in [-0.05, 0) is 37.5 Å². The molecule has 7 nitrogen and oxygen atoms in total. The molecule has 1 rings (SSSR count). The summed E-state index contributed by atoms with van der Waals surface area (Å²) in [6.07, 6.45) is 0. The number of hydrogen-bond donors (Lipinski definition) is 4. The highest BCUT2D eigenvalue weighted by molar-refractivity contribution is 7.89. The van der Waals surface area contributed by atoms with Crippen LogP contribution in [0.3, 0.4) is 0 Å². The number of carbonyl (C=O) groups is 1. The molecular formula is C13H22N4O3S. The highest BCUT2D eigenvalue weighted by atomic mass is 32.2. The van der Waals surface area contributed by atoms with Gasteiger partial charge in [-0.15, -0.1) is 0 Å². The molecule has 21 heavy (non-hydrogen) atoms. The molecule has 0 bridgehead atoms. The predicted octanol–water partition coefficient (Wildman–Crippen LogP) is 0.191. The van der Waals surface area contributed by atoms with E-state index >= 15 is 0 Å². The minimum absolute atomic E-state index is 0.0917. The number of amides is 1. The van der Waals surface area contributed by atoms with E-state index in [-0.39, 0.29) is 23.9 Å². The Morgan fingerprint density at radius 1 is 1.00 bits per heavy atom. The molecular weight excluding hydrogens is 292 g/mol. The van der Waals surface area contributed by atoms with E-state index in [0.717, 1.165) is 0 Å². The van der Waals surface area contributed by atoms with E-state index in [4.69, 9.17) is 11.5 Å². The van der Waals surface area contributed by atoms with Crippen LogP contribution in [0, 0.1) is 20.8 Å². The van der Waals surface area contributed by atoms with E-state index in [1.807, 2.05) is 0 Å². The molecule has 0 spiro atoms. The maximum absolute atomic E-state index is 12.4. The van der Waals surface area contributed by atoms with Crippen LogP contribution in [-0.2, 0) is 14.8 Å². The topological polar surface area (TPSA) is 127 Å². The van der Waals surface area contributed by atoms with E-state index in [9.17, 15) is 13.2 Å². The fourth-order valence-corrected chi connectivity index (χ4v) is 3.67. The third-order valence-corrected chi connectivity index (χ3v) is 5.09. The van der Waals surface area contributed by atoms with Crippen molar-refractivity contribution in [3.05, 3.63) is 16.7 Å².